The maximum atomic E-state index is 14.2. The topological polar surface area (TPSA) is 123 Å². The van der Waals surface area contributed by atoms with Crippen molar-refractivity contribution in [3.05, 3.63) is 72.9 Å². The minimum absolute atomic E-state index is 0.0204. The highest BCUT2D eigenvalue weighted by Crippen LogP contribution is 2.62. The van der Waals surface area contributed by atoms with Crippen LogP contribution >= 0.6 is 15.6 Å². The Hall–Kier alpha value is -1.34. The van der Waals surface area contributed by atoms with E-state index in [-0.39, 0.29) is 17.8 Å². The smallest absolute Gasteiger partial charge is 0.303 e. The van der Waals surface area contributed by atoms with Gasteiger partial charge in [-0.1, -0.05) is 93.7 Å². The van der Waals surface area contributed by atoms with Gasteiger partial charge >= 0.3 is 15.6 Å². The van der Waals surface area contributed by atoms with E-state index in [0.29, 0.717) is 0 Å². The highest BCUT2D eigenvalue weighted by Gasteiger charge is 2.49. The summed E-state index contributed by atoms with van der Waals surface area (Å²) in [6.07, 6.45) is 23.5. The Morgan fingerprint density at radius 3 is 1.03 bits per heavy atom. The first-order chi connectivity index (χ1) is 15.5. The minimum atomic E-state index is -4.64. The molecule has 6 unspecified atom stereocenters. The number of phosphoric acid groups is 2. The summed E-state index contributed by atoms with van der Waals surface area (Å²) in [5.41, 5.74) is -2.40. The van der Waals surface area contributed by atoms with Gasteiger partial charge in [-0.15, -0.1) is 0 Å². The fourth-order valence-electron chi connectivity index (χ4n) is 3.58. The molecule has 190 valence electrons. The SMILES string of the molecule is CC1C=CC=CC1(C)OP(=O)(OC1(C)C=CC=CC1C)OC1(C)C=CC=CC1C.O=P(O)(O)O. The average Bonchev–Trinajstić information content (AvgIpc) is 2.67. The molecular formula is C24H36O8P2. The first-order valence-corrected chi connectivity index (χ1v) is 14.1. The van der Waals surface area contributed by atoms with Crippen LogP contribution in [0, 0.1) is 17.8 Å². The summed E-state index contributed by atoms with van der Waals surface area (Å²) < 4.78 is 41.9. The second-order valence-electron chi connectivity index (χ2n) is 9.38. The molecule has 0 aromatic carbocycles. The van der Waals surface area contributed by atoms with Gasteiger partial charge in [-0.2, -0.15) is 0 Å². The van der Waals surface area contributed by atoms with Crippen molar-refractivity contribution in [1.29, 1.82) is 0 Å². The Morgan fingerprint density at radius 1 is 0.588 bits per heavy atom. The summed E-state index contributed by atoms with van der Waals surface area (Å²) in [5, 5.41) is 0. The fraction of sp³-hybridized carbons (Fsp3) is 0.500. The Kier molecular flexibility index (Phi) is 9.12. The lowest BCUT2D eigenvalue weighted by molar-refractivity contribution is -0.0439. The summed E-state index contributed by atoms with van der Waals surface area (Å²) in [7, 11) is -8.63. The molecule has 0 saturated carbocycles. The van der Waals surface area contributed by atoms with Gasteiger partial charge in [-0.25, -0.2) is 9.13 Å². The molecule has 3 rings (SSSR count). The van der Waals surface area contributed by atoms with Crippen LogP contribution < -0.4 is 0 Å². The highest BCUT2D eigenvalue weighted by molar-refractivity contribution is 7.48. The number of hydrogen-bond acceptors (Lipinski definition) is 5. The Balaban J connectivity index is 0.000000739. The van der Waals surface area contributed by atoms with Crippen LogP contribution in [-0.2, 0) is 22.7 Å². The second-order valence-corrected chi connectivity index (χ2v) is 11.9. The highest BCUT2D eigenvalue weighted by atomic mass is 31.2. The van der Waals surface area contributed by atoms with Gasteiger partial charge in [-0.3, -0.25) is 13.6 Å². The van der Waals surface area contributed by atoms with Crippen molar-refractivity contribution in [3.8, 4) is 0 Å². The Labute approximate surface area is 202 Å². The third-order valence-electron chi connectivity index (χ3n) is 6.45. The molecule has 0 spiro atoms. The van der Waals surface area contributed by atoms with Crippen LogP contribution in [0.1, 0.15) is 41.5 Å². The number of phosphoric ester groups is 1. The molecule has 0 bridgehead atoms. The van der Waals surface area contributed by atoms with Crippen LogP contribution in [0.15, 0.2) is 72.9 Å². The summed E-state index contributed by atoms with van der Waals surface area (Å²) in [6, 6.07) is 0. The molecule has 0 heterocycles. The van der Waals surface area contributed by atoms with Gasteiger partial charge in [0.1, 0.15) is 16.8 Å². The summed E-state index contributed by atoms with van der Waals surface area (Å²) in [4.78, 5) is 21.6. The molecule has 10 heteroatoms. The van der Waals surface area contributed by atoms with Crippen molar-refractivity contribution in [3.63, 3.8) is 0 Å². The van der Waals surface area contributed by atoms with E-state index in [4.69, 9.17) is 32.8 Å². The molecule has 0 fully saturated rings. The van der Waals surface area contributed by atoms with E-state index >= 15 is 0 Å². The van der Waals surface area contributed by atoms with E-state index in [9.17, 15) is 4.57 Å². The first kappa shape index (κ1) is 28.9. The quantitative estimate of drug-likeness (QED) is 0.382. The first-order valence-electron chi connectivity index (χ1n) is 11.1. The molecule has 0 saturated heterocycles. The second kappa shape index (κ2) is 10.7. The van der Waals surface area contributed by atoms with Crippen molar-refractivity contribution in [2.75, 3.05) is 0 Å². The Bertz CT molecular complexity index is 889. The molecule has 3 N–H and O–H groups in total. The predicted molar refractivity (Wildman–Crippen MR) is 133 cm³/mol. The molecule has 3 aliphatic carbocycles. The van der Waals surface area contributed by atoms with Crippen LogP contribution in [-0.4, -0.2) is 31.5 Å². The third-order valence-corrected chi connectivity index (χ3v) is 8.30. The van der Waals surface area contributed by atoms with Gasteiger partial charge < -0.3 is 14.7 Å². The normalized spacial score (nSPS) is 38.3. The zero-order valence-corrected chi connectivity index (χ0v) is 22.2. The van der Waals surface area contributed by atoms with Crippen molar-refractivity contribution in [2.45, 2.75) is 58.3 Å². The summed E-state index contributed by atoms with van der Waals surface area (Å²) >= 11 is 0. The van der Waals surface area contributed by atoms with Gasteiger partial charge in [-0.05, 0) is 20.8 Å². The minimum Gasteiger partial charge on any atom is -0.303 e. The van der Waals surface area contributed by atoms with Gasteiger partial charge in [0.15, 0.2) is 0 Å². The van der Waals surface area contributed by atoms with Crippen LogP contribution in [0.4, 0.5) is 0 Å². The molecular weight excluding hydrogens is 478 g/mol. The monoisotopic (exact) mass is 514 g/mol. The molecule has 8 nitrogen and oxygen atoms in total. The molecule has 6 atom stereocenters. The van der Waals surface area contributed by atoms with E-state index < -0.39 is 32.4 Å². The number of hydrogen-bond donors (Lipinski definition) is 3. The molecule has 0 aliphatic heterocycles. The predicted octanol–water partition coefficient (Wildman–Crippen LogP) is 5.78. The summed E-state index contributed by atoms with van der Waals surface area (Å²) in [6.45, 7) is 11.9. The standard InChI is InChI=1S/C24H33O4P.H3O4P/c1-19-13-7-10-16-22(19,4)26-29(25,27-23(5)17-11-8-14-20(23)2)28-24(6)18-12-9-15-21(24)3;1-5(2,3)4/h7-21H,1-6H3;(H3,1,2,3,4). The zero-order valence-electron chi connectivity index (χ0n) is 20.4. The van der Waals surface area contributed by atoms with E-state index in [1.165, 1.54) is 0 Å². The van der Waals surface area contributed by atoms with Crippen LogP contribution in [0.25, 0.3) is 0 Å². The lowest BCUT2D eigenvalue weighted by Crippen LogP contribution is -2.41. The maximum Gasteiger partial charge on any atom is 0.477 e. The fourth-order valence-corrected chi connectivity index (χ4v) is 5.82. The molecule has 0 radical (unpaired) electrons. The van der Waals surface area contributed by atoms with Gasteiger partial charge in [0, 0.05) is 17.8 Å². The van der Waals surface area contributed by atoms with E-state index in [2.05, 4.69) is 0 Å². The molecule has 3 aliphatic rings. The van der Waals surface area contributed by atoms with Crippen LogP contribution in [0.2, 0.25) is 0 Å². The van der Waals surface area contributed by atoms with Gasteiger partial charge in [0.2, 0.25) is 0 Å². The summed E-state index contributed by atoms with van der Waals surface area (Å²) in [5.74, 6) is 0.0613. The molecule has 0 amide bonds. The average molecular weight is 514 g/mol. The third kappa shape index (κ3) is 7.84. The van der Waals surface area contributed by atoms with E-state index in [1.54, 1.807) is 0 Å². The Morgan fingerprint density at radius 2 is 0.824 bits per heavy atom. The number of rotatable bonds is 6. The van der Waals surface area contributed by atoms with Crippen molar-refractivity contribution in [2.24, 2.45) is 17.8 Å². The van der Waals surface area contributed by atoms with Crippen LogP contribution in [0.5, 0.6) is 0 Å². The molecule has 0 aromatic heterocycles. The van der Waals surface area contributed by atoms with Crippen molar-refractivity contribution < 1.29 is 37.4 Å². The van der Waals surface area contributed by atoms with Crippen LogP contribution in [0.3, 0.4) is 0 Å². The largest absolute Gasteiger partial charge is 0.477 e. The molecule has 34 heavy (non-hydrogen) atoms. The maximum absolute atomic E-state index is 14.2. The van der Waals surface area contributed by atoms with E-state index in [0.717, 1.165) is 0 Å². The van der Waals surface area contributed by atoms with Gasteiger partial charge in [0.05, 0.1) is 0 Å². The zero-order chi connectivity index (χ0) is 25.8. The van der Waals surface area contributed by atoms with E-state index in [1.807, 2.05) is 114 Å². The molecule has 0 aromatic rings. The van der Waals surface area contributed by atoms with Gasteiger partial charge in [0.25, 0.3) is 0 Å². The van der Waals surface area contributed by atoms with Crippen molar-refractivity contribution in [1.82, 2.24) is 0 Å². The lowest BCUT2D eigenvalue weighted by Gasteiger charge is -2.43. The lowest BCUT2D eigenvalue weighted by atomic mass is 9.87. The number of allylic oxidation sites excluding steroid dienone is 6. The van der Waals surface area contributed by atoms with Crippen molar-refractivity contribution >= 4 is 15.6 Å².